The first-order valence-corrected chi connectivity index (χ1v) is 5.39. The first kappa shape index (κ1) is 10.9. The lowest BCUT2D eigenvalue weighted by atomic mass is 10.3. The average Bonchev–Trinajstić information content (AvgIpc) is 2.68. The molecule has 0 aliphatic carbocycles. The van der Waals surface area contributed by atoms with Gasteiger partial charge >= 0.3 is 0 Å². The summed E-state index contributed by atoms with van der Waals surface area (Å²) in [7, 11) is 1.96. The van der Waals surface area contributed by atoms with Gasteiger partial charge in [0.15, 0.2) is 5.82 Å². The van der Waals surface area contributed by atoms with Crippen molar-refractivity contribution in [3.63, 3.8) is 0 Å². The second kappa shape index (κ2) is 4.49. The quantitative estimate of drug-likeness (QED) is 0.827. The molecule has 0 amide bonds. The van der Waals surface area contributed by atoms with Crippen LogP contribution < -0.4 is 4.90 Å². The van der Waals surface area contributed by atoms with E-state index in [4.69, 9.17) is 5.11 Å². The molecule has 5 nitrogen and oxygen atoms in total. The van der Waals surface area contributed by atoms with Crippen LogP contribution in [0.15, 0.2) is 18.6 Å². The highest BCUT2D eigenvalue weighted by Crippen LogP contribution is 2.21. The minimum absolute atomic E-state index is 0.124. The molecule has 0 fully saturated rings. The van der Waals surface area contributed by atoms with Crippen LogP contribution in [0.3, 0.4) is 0 Å². The molecule has 0 aliphatic heterocycles. The van der Waals surface area contributed by atoms with Gasteiger partial charge in [-0.1, -0.05) is 0 Å². The number of anilines is 1. The van der Waals surface area contributed by atoms with Crippen LogP contribution in [0.2, 0.25) is 0 Å². The molecule has 0 bridgehead atoms. The highest BCUT2D eigenvalue weighted by Gasteiger charge is 2.12. The summed E-state index contributed by atoms with van der Waals surface area (Å²) >= 11 is 0. The Morgan fingerprint density at radius 3 is 2.94 bits per heavy atom. The maximum atomic E-state index is 9.01. The van der Waals surface area contributed by atoms with Gasteiger partial charge in [0.1, 0.15) is 5.52 Å². The highest BCUT2D eigenvalue weighted by atomic mass is 16.3. The molecule has 2 rings (SSSR count). The molecule has 2 aromatic rings. The summed E-state index contributed by atoms with van der Waals surface area (Å²) in [5.41, 5.74) is 1.95. The molecule has 0 atom stereocenters. The number of aliphatic hydroxyl groups excluding tert-OH is 1. The fourth-order valence-corrected chi connectivity index (χ4v) is 1.81. The first-order chi connectivity index (χ1) is 7.77. The van der Waals surface area contributed by atoms with E-state index in [1.807, 2.05) is 29.5 Å². The van der Waals surface area contributed by atoms with Crippen molar-refractivity contribution in [2.24, 2.45) is 7.05 Å². The molecule has 0 saturated carbocycles. The maximum Gasteiger partial charge on any atom is 0.156 e. The molecule has 16 heavy (non-hydrogen) atoms. The van der Waals surface area contributed by atoms with Crippen molar-refractivity contribution < 1.29 is 5.11 Å². The smallest absolute Gasteiger partial charge is 0.156 e. The van der Waals surface area contributed by atoms with E-state index in [0.717, 1.165) is 23.4 Å². The summed E-state index contributed by atoms with van der Waals surface area (Å²) in [5.74, 6) is 0.842. The summed E-state index contributed by atoms with van der Waals surface area (Å²) in [6.45, 7) is 3.56. The van der Waals surface area contributed by atoms with E-state index in [2.05, 4.69) is 9.97 Å². The van der Waals surface area contributed by atoms with E-state index in [1.54, 1.807) is 12.5 Å². The number of aromatic nitrogens is 3. The Labute approximate surface area is 94.4 Å². The second-order valence-electron chi connectivity index (χ2n) is 3.66. The number of aryl methyl sites for hydroxylation is 1. The highest BCUT2D eigenvalue weighted by molar-refractivity contribution is 5.86. The topological polar surface area (TPSA) is 54.2 Å². The van der Waals surface area contributed by atoms with Crippen LogP contribution in [0.25, 0.3) is 11.0 Å². The van der Waals surface area contributed by atoms with Crippen LogP contribution in [0.4, 0.5) is 5.82 Å². The average molecular weight is 220 g/mol. The van der Waals surface area contributed by atoms with Crippen LogP contribution in [0.5, 0.6) is 0 Å². The summed E-state index contributed by atoms with van der Waals surface area (Å²) in [5, 5.41) is 9.01. The van der Waals surface area contributed by atoms with Crippen molar-refractivity contribution in [2.45, 2.75) is 6.92 Å². The molecule has 5 heteroatoms. The molecule has 2 heterocycles. The summed E-state index contributed by atoms with van der Waals surface area (Å²) in [4.78, 5) is 10.7. The van der Waals surface area contributed by atoms with Gasteiger partial charge in [-0.05, 0) is 13.0 Å². The number of fused-ring (bicyclic) bond motifs is 1. The summed E-state index contributed by atoms with van der Waals surface area (Å²) in [6, 6.07) is 1.94. The van der Waals surface area contributed by atoms with E-state index in [-0.39, 0.29) is 6.61 Å². The van der Waals surface area contributed by atoms with Gasteiger partial charge in [-0.3, -0.25) is 0 Å². The molecule has 0 radical (unpaired) electrons. The van der Waals surface area contributed by atoms with Crippen molar-refractivity contribution in [2.75, 3.05) is 24.6 Å². The van der Waals surface area contributed by atoms with Gasteiger partial charge in [-0.15, -0.1) is 0 Å². The van der Waals surface area contributed by atoms with E-state index in [1.165, 1.54) is 0 Å². The minimum atomic E-state index is 0.124. The zero-order valence-electron chi connectivity index (χ0n) is 9.59. The predicted octanol–water partition coefficient (Wildman–Crippen LogP) is 0.787. The molecule has 0 unspecified atom stereocenters. The molecule has 0 aromatic carbocycles. The lowest BCUT2D eigenvalue weighted by molar-refractivity contribution is 0.302. The lowest BCUT2D eigenvalue weighted by Crippen LogP contribution is -2.27. The fourth-order valence-electron chi connectivity index (χ4n) is 1.81. The van der Waals surface area contributed by atoms with Gasteiger partial charge in [0.05, 0.1) is 18.5 Å². The van der Waals surface area contributed by atoms with Crippen LogP contribution in [0, 0.1) is 0 Å². The van der Waals surface area contributed by atoms with Crippen molar-refractivity contribution in [1.82, 2.24) is 14.5 Å². The van der Waals surface area contributed by atoms with Crippen LogP contribution in [-0.2, 0) is 7.05 Å². The Bertz CT molecular complexity index is 480. The zero-order valence-corrected chi connectivity index (χ0v) is 9.59. The van der Waals surface area contributed by atoms with E-state index < -0.39 is 0 Å². The maximum absolute atomic E-state index is 9.01. The van der Waals surface area contributed by atoms with Gasteiger partial charge in [0, 0.05) is 26.3 Å². The predicted molar refractivity (Wildman–Crippen MR) is 63.5 cm³/mol. The first-order valence-electron chi connectivity index (χ1n) is 5.39. The molecule has 2 aromatic heterocycles. The molecule has 86 valence electrons. The standard InChI is InChI=1S/C11H16N4O/c1-3-15(6-7-16)11-10-9(4-5-12-11)14(2)8-13-10/h4-5,8,16H,3,6-7H2,1-2H3. The third kappa shape index (κ3) is 1.74. The number of hydrogen-bond donors (Lipinski definition) is 1. The minimum Gasteiger partial charge on any atom is -0.395 e. The number of aliphatic hydroxyl groups is 1. The van der Waals surface area contributed by atoms with Crippen molar-refractivity contribution in [3.05, 3.63) is 18.6 Å². The second-order valence-corrected chi connectivity index (χ2v) is 3.66. The van der Waals surface area contributed by atoms with Crippen LogP contribution in [-0.4, -0.2) is 39.3 Å². The van der Waals surface area contributed by atoms with Gasteiger partial charge in [-0.25, -0.2) is 9.97 Å². The summed E-state index contributed by atoms with van der Waals surface area (Å²) in [6.07, 6.45) is 3.56. The number of hydrogen-bond acceptors (Lipinski definition) is 4. The Balaban J connectivity index is 2.50. The fraction of sp³-hybridized carbons (Fsp3) is 0.455. The van der Waals surface area contributed by atoms with Crippen molar-refractivity contribution in [3.8, 4) is 0 Å². The number of nitrogens with zero attached hydrogens (tertiary/aromatic N) is 4. The van der Waals surface area contributed by atoms with E-state index >= 15 is 0 Å². The number of rotatable bonds is 4. The lowest BCUT2D eigenvalue weighted by Gasteiger charge is -2.20. The molecule has 1 N–H and O–H groups in total. The molecular weight excluding hydrogens is 204 g/mol. The van der Waals surface area contributed by atoms with Crippen LogP contribution in [0.1, 0.15) is 6.92 Å². The van der Waals surface area contributed by atoms with E-state index in [0.29, 0.717) is 6.54 Å². The zero-order chi connectivity index (χ0) is 11.5. The molecule has 0 saturated heterocycles. The van der Waals surface area contributed by atoms with Gasteiger partial charge < -0.3 is 14.6 Å². The largest absolute Gasteiger partial charge is 0.395 e. The van der Waals surface area contributed by atoms with Crippen molar-refractivity contribution >= 4 is 16.9 Å². The molecular formula is C11H16N4O. The Morgan fingerprint density at radius 2 is 2.25 bits per heavy atom. The third-order valence-electron chi connectivity index (χ3n) is 2.67. The Morgan fingerprint density at radius 1 is 1.44 bits per heavy atom. The van der Waals surface area contributed by atoms with Crippen molar-refractivity contribution in [1.29, 1.82) is 0 Å². The third-order valence-corrected chi connectivity index (χ3v) is 2.67. The van der Waals surface area contributed by atoms with Gasteiger partial charge in [-0.2, -0.15) is 0 Å². The summed E-state index contributed by atoms with van der Waals surface area (Å²) < 4.78 is 1.97. The van der Waals surface area contributed by atoms with Gasteiger partial charge in [0.2, 0.25) is 0 Å². The van der Waals surface area contributed by atoms with Crippen LogP contribution >= 0.6 is 0 Å². The Kier molecular flexibility index (Phi) is 3.05. The Hall–Kier alpha value is -1.62. The SMILES string of the molecule is CCN(CCO)c1nccc2c1ncn2C. The normalized spacial score (nSPS) is 10.9. The molecule has 0 spiro atoms. The molecule has 0 aliphatic rings. The number of imidazole rings is 1. The number of likely N-dealkylation sites (N-methyl/N-ethyl adjacent to an activating group) is 1. The van der Waals surface area contributed by atoms with Gasteiger partial charge in [0.25, 0.3) is 0 Å². The number of pyridine rings is 1. The van der Waals surface area contributed by atoms with E-state index in [9.17, 15) is 0 Å². The monoisotopic (exact) mass is 220 g/mol.